The van der Waals surface area contributed by atoms with Gasteiger partial charge in [-0.1, -0.05) is 54.1 Å². The lowest BCUT2D eigenvalue weighted by atomic mass is 10.0. The minimum absolute atomic E-state index is 0.102. The van der Waals surface area contributed by atoms with Crippen LogP contribution in [0.3, 0.4) is 0 Å². The molecule has 3 aromatic rings. The van der Waals surface area contributed by atoms with Crippen LogP contribution >= 0.6 is 23.4 Å². The molecule has 0 bridgehead atoms. The number of piperazine rings is 1. The van der Waals surface area contributed by atoms with Crippen LogP contribution in [0.25, 0.3) is 0 Å². The van der Waals surface area contributed by atoms with Crippen molar-refractivity contribution in [2.24, 2.45) is 0 Å². The molecule has 1 fully saturated rings. The van der Waals surface area contributed by atoms with Crippen LogP contribution in [0.4, 0.5) is 5.69 Å². The zero-order valence-corrected chi connectivity index (χ0v) is 18.2. The molecule has 0 aliphatic carbocycles. The summed E-state index contributed by atoms with van der Waals surface area (Å²) in [7, 11) is 0. The molecule has 6 heteroatoms. The monoisotopic (exact) mass is 437 g/mol. The number of aromatic nitrogens is 1. The molecule has 2 heterocycles. The molecule has 0 radical (unpaired) electrons. The second-order valence-electron chi connectivity index (χ2n) is 7.23. The van der Waals surface area contributed by atoms with E-state index in [4.69, 9.17) is 11.6 Å². The van der Waals surface area contributed by atoms with Crippen molar-refractivity contribution in [1.29, 1.82) is 0 Å². The summed E-state index contributed by atoms with van der Waals surface area (Å²) in [6, 6.07) is 22.3. The average molecular weight is 438 g/mol. The number of amides is 1. The van der Waals surface area contributed by atoms with E-state index in [1.807, 2.05) is 71.9 Å². The first-order valence-corrected chi connectivity index (χ1v) is 11.5. The Morgan fingerprint density at radius 2 is 1.53 bits per heavy atom. The molecule has 30 heavy (non-hydrogen) atoms. The summed E-state index contributed by atoms with van der Waals surface area (Å²) in [6.07, 6.45) is 3.62. The molecule has 0 spiro atoms. The van der Waals surface area contributed by atoms with Crippen molar-refractivity contribution in [3.05, 3.63) is 95.3 Å². The molecule has 1 aliphatic heterocycles. The van der Waals surface area contributed by atoms with E-state index >= 15 is 0 Å². The molecule has 0 N–H and O–H groups in total. The molecule has 1 aliphatic rings. The second kappa shape index (κ2) is 10.0. The molecule has 1 atom stereocenters. The summed E-state index contributed by atoms with van der Waals surface area (Å²) in [6.45, 7) is 3.19. The fourth-order valence-corrected chi connectivity index (χ4v) is 4.98. The number of benzene rings is 2. The number of thioether (sulfide) groups is 1. The van der Waals surface area contributed by atoms with Crippen LogP contribution in [0, 0.1) is 0 Å². The van der Waals surface area contributed by atoms with Crippen molar-refractivity contribution >= 4 is 35.0 Å². The van der Waals surface area contributed by atoms with Crippen molar-refractivity contribution in [2.75, 3.05) is 36.8 Å². The largest absolute Gasteiger partial charge is 0.368 e. The van der Waals surface area contributed by atoms with Gasteiger partial charge in [-0.25, -0.2) is 0 Å². The number of carbonyl (C=O) groups excluding carboxylic acids is 1. The Morgan fingerprint density at radius 1 is 0.900 bits per heavy atom. The molecule has 4 rings (SSSR count). The van der Waals surface area contributed by atoms with Gasteiger partial charge in [-0.2, -0.15) is 0 Å². The van der Waals surface area contributed by atoms with Crippen LogP contribution < -0.4 is 4.90 Å². The van der Waals surface area contributed by atoms with Gasteiger partial charge in [-0.05, 0) is 35.4 Å². The van der Waals surface area contributed by atoms with Crippen LogP contribution in [0.15, 0.2) is 79.1 Å². The maximum Gasteiger partial charge on any atom is 0.232 e. The van der Waals surface area contributed by atoms with Gasteiger partial charge in [-0.3, -0.25) is 9.78 Å². The number of anilines is 1. The molecule has 0 saturated carbocycles. The van der Waals surface area contributed by atoms with Gasteiger partial charge in [-0.15, -0.1) is 11.8 Å². The van der Waals surface area contributed by atoms with E-state index in [0.29, 0.717) is 5.75 Å². The quantitative estimate of drug-likeness (QED) is 0.549. The van der Waals surface area contributed by atoms with Gasteiger partial charge in [0, 0.05) is 49.3 Å². The molecule has 1 unspecified atom stereocenters. The third-order valence-corrected chi connectivity index (χ3v) is 6.85. The van der Waals surface area contributed by atoms with Gasteiger partial charge in [0.15, 0.2) is 0 Å². The van der Waals surface area contributed by atoms with Crippen molar-refractivity contribution in [1.82, 2.24) is 9.88 Å². The molecule has 4 nitrogen and oxygen atoms in total. The summed E-state index contributed by atoms with van der Waals surface area (Å²) in [5, 5.41) is 0.823. The van der Waals surface area contributed by atoms with E-state index in [1.54, 1.807) is 11.8 Å². The predicted molar refractivity (Wildman–Crippen MR) is 125 cm³/mol. The molecule has 2 aromatic carbocycles. The third-order valence-electron chi connectivity index (χ3n) is 5.31. The molecular formula is C24H24ClN3OS. The van der Waals surface area contributed by atoms with E-state index in [9.17, 15) is 4.79 Å². The van der Waals surface area contributed by atoms with Gasteiger partial charge in [0.25, 0.3) is 0 Å². The standard InChI is InChI=1S/C24H24ClN3OS/c25-21-8-6-20(7-9-21)24(19-4-2-1-3-5-19)30-18-23(29)28-16-14-27(15-17-28)22-10-12-26-13-11-22/h1-13,24H,14-18H2. The van der Waals surface area contributed by atoms with Crippen LogP contribution in [-0.4, -0.2) is 47.7 Å². The lowest BCUT2D eigenvalue weighted by Gasteiger charge is -2.36. The van der Waals surface area contributed by atoms with Gasteiger partial charge >= 0.3 is 0 Å². The summed E-state index contributed by atoms with van der Waals surface area (Å²) < 4.78 is 0. The van der Waals surface area contributed by atoms with Gasteiger partial charge in [0.2, 0.25) is 5.91 Å². The first-order valence-electron chi connectivity index (χ1n) is 10.1. The van der Waals surface area contributed by atoms with Crippen molar-refractivity contribution < 1.29 is 4.79 Å². The van der Waals surface area contributed by atoms with Crippen molar-refractivity contribution in [3.63, 3.8) is 0 Å². The third kappa shape index (κ3) is 5.15. The maximum atomic E-state index is 12.9. The van der Waals surface area contributed by atoms with Crippen molar-refractivity contribution in [3.8, 4) is 0 Å². The van der Waals surface area contributed by atoms with Gasteiger partial charge < -0.3 is 9.80 Å². The fourth-order valence-electron chi connectivity index (χ4n) is 3.67. The highest BCUT2D eigenvalue weighted by molar-refractivity contribution is 8.00. The van der Waals surface area contributed by atoms with Crippen molar-refractivity contribution in [2.45, 2.75) is 5.25 Å². The van der Waals surface area contributed by atoms with E-state index in [1.165, 1.54) is 11.3 Å². The normalized spacial score (nSPS) is 15.1. The lowest BCUT2D eigenvalue weighted by molar-refractivity contribution is -0.128. The zero-order chi connectivity index (χ0) is 20.8. The summed E-state index contributed by atoms with van der Waals surface area (Å²) in [5.74, 6) is 0.654. The molecule has 1 aromatic heterocycles. The minimum Gasteiger partial charge on any atom is -0.368 e. The number of rotatable bonds is 6. The number of halogens is 1. The second-order valence-corrected chi connectivity index (χ2v) is 8.76. The van der Waals surface area contributed by atoms with Crippen LogP contribution in [0.5, 0.6) is 0 Å². The number of hydrogen-bond donors (Lipinski definition) is 0. The number of carbonyl (C=O) groups is 1. The SMILES string of the molecule is O=C(CSC(c1ccccc1)c1ccc(Cl)cc1)N1CCN(c2ccncc2)CC1. The average Bonchev–Trinajstić information content (AvgIpc) is 2.81. The number of hydrogen-bond acceptors (Lipinski definition) is 4. The Kier molecular flexibility index (Phi) is 6.92. The Hall–Kier alpha value is -2.50. The van der Waals surface area contributed by atoms with Gasteiger partial charge in [0.1, 0.15) is 0 Å². The Bertz CT molecular complexity index is 945. The van der Waals surface area contributed by atoms with E-state index < -0.39 is 0 Å². The Labute approximate surface area is 186 Å². The Balaban J connectivity index is 1.38. The fraction of sp³-hybridized carbons (Fsp3) is 0.250. The van der Waals surface area contributed by atoms with Crippen LogP contribution in [0.2, 0.25) is 5.02 Å². The smallest absolute Gasteiger partial charge is 0.232 e. The summed E-state index contributed by atoms with van der Waals surface area (Å²) in [5.41, 5.74) is 3.52. The zero-order valence-electron chi connectivity index (χ0n) is 16.7. The highest BCUT2D eigenvalue weighted by Crippen LogP contribution is 2.36. The van der Waals surface area contributed by atoms with E-state index in [-0.39, 0.29) is 11.2 Å². The van der Waals surface area contributed by atoms with Crippen LogP contribution in [-0.2, 0) is 4.79 Å². The minimum atomic E-state index is 0.102. The Morgan fingerprint density at radius 3 is 2.20 bits per heavy atom. The van der Waals surface area contributed by atoms with Crippen LogP contribution in [0.1, 0.15) is 16.4 Å². The lowest BCUT2D eigenvalue weighted by Crippen LogP contribution is -2.49. The van der Waals surface area contributed by atoms with E-state index in [0.717, 1.165) is 36.8 Å². The highest BCUT2D eigenvalue weighted by atomic mass is 35.5. The molecule has 1 amide bonds. The topological polar surface area (TPSA) is 36.4 Å². The maximum absolute atomic E-state index is 12.9. The highest BCUT2D eigenvalue weighted by Gasteiger charge is 2.23. The van der Waals surface area contributed by atoms with Gasteiger partial charge in [0.05, 0.1) is 11.0 Å². The van der Waals surface area contributed by atoms with E-state index in [2.05, 4.69) is 22.0 Å². The molecule has 1 saturated heterocycles. The summed E-state index contributed by atoms with van der Waals surface area (Å²) in [4.78, 5) is 21.3. The predicted octanol–water partition coefficient (Wildman–Crippen LogP) is 4.91. The first-order chi connectivity index (χ1) is 14.7. The summed E-state index contributed by atoms with van der Waals surface area (Å²) >= 11 is 7.75. The molecular weight excluding hydrogens is 414 g/mol. The number of pyridine rings is 1. The first kappa shape index (κ1) is 20.8. The molecule has 154 valence electrons. The number of nitrogens with zero attached hydrogens (tertiary/aromatic N) is 3.